The molecule has 0 aliphatic carbocycles. The number of benzene rings is 2. The van der Waals surface area contributed by atoms with Gasteiger partial charge in [-0.3, -0.25) is 0 Å². The highest BCUT2D eigenvalue weighted by molar-refractivity contribution is 5.67. The predicted molar refractivity (Wildman–Crippen MR) is 70.3 cm³/mol. The van der Waals surface area contributed by atoms with Gasteiger partial charge in [0.2, 0.25) is 5.82 Å². The van der Waals surface area contributed by atoms with E-state index in [9.17, 15) is 26.3 Å². The molecule has 0 spiro atoms. The minimum atomic E-state index is -2.27. The van der Waals surface area contributed by atoms with Crippen LogP contribution in [0, 0.1) is 34.9 Å². The molecule has 2 rings (SSSR count). The molecule has 0 radical (unpaired) electrons. The Kier molecular flexibility index (Phi) is 3.98. The molecule has 6 heteroatoms. The van der Waals surface area contributed by atoms with Crippen LogP contribution in [-0.4, -0.2) is 0 Å². The van der Waals surface area contributed by atoms with Crippen LogP contribution in [0.25, 0.3) is 11.1 Å². The fourth-order valence-corrected chi connectivity index (χ4v) is 2.15. The minimum absolute atomic E-state index is 0.106. The van der Waals surface area contributed by atoms with Crippen LogP contribution >= 0.6 is 0 Å². The summed E-state index contributed by atoms with van der Waals surface area (Å²) in [5.74, 6) is -11.6. The Labute approximate surface area is 123 Å². The molecule has 0 atom stereocenters. The van der Waals surface area contributed by atoms with E-state index in [1.807, 2.05) is 0 Å². The summed E-state index contributed by atoms with van der Waals surface area (Å²) >= 11 is 0. The van der Waals surface area contributed by atoms with Gasteiger partial charge in [-0.25, -0.2) is 26.3 Å². The summed E-state index contributed by atoms with van der Waals surface area (Å²) in [5.41, 5.74) is -2.53. The Balaban J connectivity index is 2.85. The van der Waals surface area contributed by atoms with Crippen LogP contribution in [-0.2, 0) is 5.41 Å². The largest absolute Gasteiger partial charge is 0.206 e. The van der Waals surface area contributed by atoms with E-state index in [2.05, 4.69) is 0 Å². The number of halogens is 6. The standard InChI is InChI=1S/C16H12F6/c1-16(2,3)8-6-4-5-7(10(8)17)9-11(18)13(20)15(22)14(21)12(9)19/h4-6H,1-3H3. The maximum Gasteiger partial charge on any atom is 0.200 e. The molecule has 0 N–H and O–H groups in total. The summed E-state index contributed by atoms with van der Waals surface area (Å²) in [6.45, 7) is 4.98. The first kappa shape index (κ1) is 16.4. The predicted octanol–water partition coefficient (Wildman–Crippen LogP) is 5.49. The summed E-state index contributed by atoms with van der Waals surface area (Å²) in [6.07, 6.45) is 0. The molecule has 0 unspecified atom stereocenters. The van der Waals surface area contributed by atoms with Gasteiger partial charge in [0, 0.05) is 5.56 Å². The summed E-state index contributed by atoms with van der Waals surface area (Å²) in [6, 6.07) is 3.67. The van der Waals surface area contributed by atoms with E-state index in [-0.39, 0.29) is 5.56 Å². The van der Waals surface area contributed by atoms with E-state index < -0.39 is 51.4 Å². The van der Waals surface area contributed by atoms with Gasteiger partial charge in [-0.15, -0.1) is 0 Å². The Bertz CT molecular complexity index is 714. The molecule has 2 aromatic rings. The van der Waals surface area contributed by atoms with E-state index in [1.165, 1.54) is 12.1 Å². The molecule has 118 valence electrons. The van der Waals surface area contributed by atoms with Crippen molar-refractivity contribution in [1.29, 1.82) is 0 Å². The maximum absolute atomic E-state index is 14.5. The van der Waals surface area contributed by atoms with Crippen molar-refractivity contribution in [1.82, 2.24) is 0 Å². The van der Waals surface area contributed by atoms with E-state index >= 15 is 0 Å². The van der Waals surface area contributed by atoms with Crippen molar-refractivity contribution in [3.63, 3.8) is 0 Å². The second kappa shape index (κ2) is 5.34. The molecule has 0 amide bonds. The normalized spacial score (nSPS) is 11.9. The van der Waals surface area contributed by atoms with Crippen molar-refractivity contribution in [2.75, 3.05) is 0 Å². The van der Waals surface area contributed by atoms with Crippen molar-refractivity contribution >= 4 is 0 Å². The third kappa shape index (κ3) is 2.46. The lowest BCUT2D eigenvalue weighted by molar-refractivity contribution is 0.380. The van der Waals surface area contributed by atoms with Crippen LogP contribution in [0.2, 0.25) is 0 Å². The van der Waals surface area contributed by atoms with Crippen molar-refractivity contribution in [3.05, 3.63) is 58.7 Å². The van der Waals surface area contributed by atoms with Crippen LogP contribution in [0.15, 0.2) is 18.2 Å². The molecule has 0 aromatic heterocycles. The van der Waals surface area contributed by atoms with Gasteiger partial charge in [0.15, 0.2) is 23.3 Å². The van der Waals surface area contributed by atoms with Crippen LogP contribution in [0.4, 0.5) is 26.3 Å². The van der Waals surface area contributed by atoms with Crippen LogP contribution in [0.1, 0.15) is 26.3 Å². The van der Waals surface area contributed by atoms with Crippen molar-refractivity contribution in [2.24, 2.45) is 0 Å². The number of hydrogen-bond donors (Lipinski definition) is 0. The second-order valence-corrected chi connectivity index (χ2v) is 5.86. The molecule has 0 aliphatic rings. The molecule has 0 bridgehead atoms. The van der Waals surface area contributed by atoms with Gasteiger partial charge < -0.3 is 0 Å². The van der Waals surface area contributed by atoms with E-state index in [4.69, 9.17) is 0 Å². The van der Waals surface area contributed by atoms with Crippen LogP contribution in [0.3, 0.4) is 0 Å². The lowest BCUT2D eigenvalue weighted by Crippen LogP contribution is -2.14. The van der Waals surface area contributed by atoms with E-state index in [1.54, 1.807) is 20.8 Å². The Morgan fingerprint density at radius 1 is 0.636 bits per heavy atom. The summed E-state index contributed by atoms with van der Waals surface area (Å²) < 4.78 is 81.7. The maximum atomic E-state index is 14.5. The van der Waals surface area contributed by atoms with Crippen molar-refractivity contribution < 1.29 is 26.3 Å². The zero-order chi connectivity index (χ0) is 16.8. The second-order valence-electron chi connectivity index (χ2n) is 5.86. The Morgan fingerprint density at radius 3 is 1.55 bits per heavy atom. The van der Waals surface area contributed by atoms with Gasteiger partial charge in [0.25, 0.3) is 0 Å². The third-order valence-corrected chi connectivity index (χ3v) is 3.29. The molecule has 0 aliphatic heterocycles. The quantitative estimate of drug-likeness (QED) is 0.371. The highest BCUT2D eigenvalue weighted by Crippen LogP contribution is 2.36. The molecule has 0 fully saturated rings. The minimum Gasteiger partial charge on any atom is -0.206 e. The highest BCUT2D eigenvalue weighted by atomic mass is 19.2. The van der Waals surface area contributed by atoms with Crippen molar-refractivity contribution in [2.45, 2.75) is 26.2 Å². The van der Waals surface area contributed by atoms with Crippen molar-refractivity contribution in [3.8, 4) is 11.1 Å². The Morgan fingerprint density at radius 2 is 1.09 bits per heavy atom. The van der Waals surface area contributed by atoms with Gasteiger partial charge in [-0.1, -0.05) is 39.0 Å². The average Bonchev–Trinajstić information content (AvgIpc) is 2.43. The summed E-state index contributed by atoms with van der Waals surface area (Å²) in [4.78, 5) is 0. The molecular weight excluding hydrogens is 306 g/mol. The molecule has 0 saturated heterocycles. The van der Waals surface area contributed by atoms with Gasteiger partial charge in [-0.05, 0) is 11.0 Å². The first-order chi connectivity index (χ1) is 10.1. The molecule has 2 aromatic carbocycles. The monoisotopic (exact) mass is 318 g/mol. The molecular formula is C16H12F6. The molecule has 22 heavy (non-hydrogen) atoms. The molecule has 0 saturated carbocycles. The first-order valence-electron chi connectivity index (χ1n) is 6.38. The van der Waals surface area contributed by atoms with Crippen LogP contribution < -0.4 is 0 Å². The zero-order valence-electron chi connectivity index (χ0n) is 12.0. The average molecular weight is 318 g/mol. The third-order valence-electron chi connectivity index (χ3n) is 3.29. The summed E-state index contributed by atoms with van der Waals surface area (Å²) in [7, 11) is 0. The lowest BCUT2D eigenvalue weighted by Gasteiger charge is -2.21. The lowest BCUT2D eigenvalue weighted by atomic mass is 9.84. The number of rotatable bonds is 1. The highest BCUT2D eigenvalue weighted by Gasteiger charge is 2.29. The van der Waals surface area contributed by atoms with E-state index in [0.29, 0.717) is 0 Å². The molecule has 0 heterocycles. The van der Waals surface area contributed by atoms with Gasteiger partial charge in [0.05, 0.1) is 5.56 Å². The number of hydrogen-bond acceptors (Lipinski definition) is 0. The zero-order valence-corrected chi connectivity index (χ0v) is 12.0. The first-order valence-corrected chi connectivity index (χ1v) is 6.38. The van der Waals surface area contributed by atoms with Gasteiger partial charge in [-0.2, -0.15) is 0 Å². The molecule has 0 nitrogen and oxygen atoms in total. The SMILES string of the molecule is CC(C)(C)c1cccc(-c2c(F)c(F)c(F)c(F)c2F)c1F. The van der Waals surface area contributed by atoms with E-state index in [0.717, 1.165) is 6.07 Å². The Hall–Kier alpha value is -1.98. The smallest absolute Gasteiger partial charge is 0.200 e. The van der Waals surface area contributed by atoms with Gasteiger partial charge in [0.1, 0.15) is 5.82 Å². The van der Waals surface area contributed by atoms with Gasteiger partial charge >= 0.3 is 0 Å². The summed E-state index contributed by atoms with van der Waals surface area (Å²) in [5, 5.41) is 0. The van der Waals surface area contributed by atoms with Crippen LogP contribution in [0.5, 0.6) is 0 Å². The fourth-order valence-electron chi connectivity index (χ4n) is 2.15. The fraction of sp³-hybridized carbons (Fsp3) is 0.250. The topological polar surface area (TPSA) is 0 Å².